The van der Waals surface area contributed by atoms with Crippen LogP contribution in [0.4, 0.5) is 10.2 Å². The van der Waals surface area contributed by atoms with Gasteiger partial charge < -0.3 is 5.73 Å². The number of rotatable bonds is 5. The van der Waals surface area contributed by atoms with Crippen molar-refractivity contribution >= 4 is 30.0 Å². The first-order valence-corrected chi connectivity index (χ1v) is 9.54. The summed E-state index contributed by atoms with van der Waals surface area (Å²) in [6.07, 6.45) is 6.14. The maximum atomic E-state index is 14.8. The summed E-state index contributed by atoms with van der Waals surface area (Å²) in [7, 11) is 0. The molecule has 4 aromatic rings. The smallest absolute Gasteiger partial charge is 0.141 e. The monoisotopic (exact) mass is 425 g/mol. The van der Waals surface area contributed by atoms with Crippen molar-refractivity contribution in [3.8, 4) is 22.4 Å². The zero-order valence-corrected chi connectivity index (χ0v) is 16.8. The highest BCUT2D eigenvalue weighted by molar-refractivity contribution is 7.98. The van der Waals surface area contributed by atoms with Gasteiger partial charge in [-0.2, -0.15) is 0 Å². The molecule has 146 valence electrons. The number of anilines is 1. The van der Waals surface area contributed by atoms with Gasteiger partial charge in [-0.1, -0.05) is 30.3 Å². The van der Waals surface area contributed by atoms with E-state index >= 15 is 0 Å². The van der Waals surface area contributed by atoms with Gasteiger partial charge in [0.05, 0.1) is 23.1 Å². The summed E-state index contributed by atoms with van der Waals surface area (Å²) in [5.74, 6) is 0.672. The predicted molar refractivity (Wildman–Crippen MR) is 116 cm³/mol. The Kier molecular flexibility index (Phi) is 6.74. The van der Waals surface area contributed by atoms with Crippen LogP contribution in [0.25, 0.3) is 22.4 Å². The summed E-state index contributed by atoms with van der Waals surface area (Å²) in [5, 5.41) is 0.897. The molecule has 0 radical (unpaired) electrons. The van der Waals surface area contributed by atoms with Gasteiger partial charge in [0.15, 0.2) is 0 Å². The molecule has 2 aromatic carbocycles. The number of nitrogens with two attached hydrogens (primary N) is 1. The molecule has 0 atom stereocenters. The SMILES string of the molecule is Cl.Nc1cnc(-c2ccc(-c3ccccc3CSc3ccncn3)cc2F)cn1. The molecule has 0 bridgehead atoms. The van der Waals surface area contributed by atoms with Crippen LogP contribution in [-0.4, -0.2) is 19.9 Å². The van der Waals surface area contributed by atoms with Crippen LogP contribution in [0.3, 0.4) is 0 Å². The minimum Gasteiger partial charge on any atom is -0.382 e. The van der Waals surface area contributed by atoms with Gasteiger partial charge in [0.2, 0.25) is 0 Å². The Morgan fingerprint density at radius 2 is 1.79 bits per heavy atom. The molecule has 2 N–H and O–H groups in total. The highest BCUT2D eigenvalue weighted by Crippen LogP contribution is 2.31. The molecule has 2 heterocycles. The number of thioether (sulfide) groups is 1. The van der Waals surface area contributed by atoms with Gasteiger partial charge in [0, 0.05) is 17.5 Å². The third kappa shape index (κ3) is 4.88. The highest BCUT2D eigenvalue weighted by Gasteiger charge is 2.11. The molecule has 8 heteroatoms. The molecule has 0 amide bonds. The van der Waals surface area contributed by atoms with Crippen LogP contribution in [0.1, 0.15) is 5.56 Å². The average molecular weight is 426 g/mol. The summed E-state index contributed by atoms with van der Waals surface area (Å²) >= 11 is 1.61. The highest BCUT2D eigenvalue weighted by atomic mass is 35.5. The van der Waals surface area contributed by atoms with Crippen molar-refractivity contribution < 1.29 is 4.39 Å². The van der Waals surface area contributed by atoms with Gasteiger partial charge in [0.1, 0.15) is 18.0 Å². The van der Waals surface area contributed by atoms with Crippen LogP contribution in [0.5, 0.6) is 0 Å². The fraction of sp³-hybridized carbons (Fsp3) is 0.0476. The van der Waals surface area contributed by atoms with Gasteiger partial charge in [-0.15, -0.1) is 24.2 Å². The first-order valence-electron chi connectivity index (χ1n) is 8.55. The molecule has 5 nitrogen and oxygen atoms in total. The zero-order chi connectivity index (χ0) is 19.3. The Hall–Kier alpha value is -3.03. The van der Waals surface area contributed by atoms with E-state index < -0.39 is 0 Å². The summed E-state index contributed by atoms with van der Waals surface area (Å²) in [4.78, 5) is 16.3. The first-order chi connectivity index (χ1) is 13.7. The van der Waals surface area contributed by atoms with Crippen molar-refractivity contribution in [2.75, 3.05) is 5.73 Å². The molecule has 29 heavy (non-hydrogen) atoms. The van der Waals surface area contributed by atoms with E-state index in [0.717, 1.165) is 27.5 Å². The van der Waals surface area contributed by atoms with Gasteiger partial charge >= 0.3 is 0 Å². The average Bonchev–Trinajstić information content (AvgIpc) is 2.74. The minimum absolute atomic E-state index is 0. The van der Waals surface area contributed by atoms with Crippen molar-refractivity contribution in [2.24, 2.45) is 0 Å². The molecule has 0 fully saturated rings. The second kappa shape index (κ2) is 9.45. The first kappa shape index (κ1) is 20.7. The van der Waals surface area contributed by atoms with Gasteiger partial charge in [0.25, 0.3) is 0 Å². The number of hydrogen-bond donors (Lipinski definition) is 1. The van der Waals surface area contributed by atoms with E-state index in [1.807, 2.05) is 36.4 Å². The Bertz CT molecular complexity index is 1090. The number of hydrogen-bond acceptors (Lipinski definition) is 6. The van der Waals surface area contributed by atoms with Crippen LogP contribution in [0, 0.1) is 5.82 Å². The Balaban J connectivity index is 0.00000240. The van der Waals surface area contributed by atoms with Crippen LogP contribution in [-0.2, 0) is 5.75 Å². The van der Waals surface area contributed by atoms with Crippen LogP contribution < -0.4 is 5.73 Å². The maximum absolute atomic E-state index is 14.8. The lowest BCUT2D eigenvalue weighted by molar-refractivity contribution is 0.631. The second-order valence-corrected chi connectivity index (χ2v) is 7.01. The van der Waals surface area contributed by atoms with Gasteiger partial charge in [-0.25, -0.2) is 19.3 Å². The molecular formula is C21H17ClFN5S. The fourth-order valence-corrected chi connectivity index (χ4v) is 3.64. The summed E-state index contributed by atoms with van der Waals surface area (Å²) in [6, 6.07) is 15.0. The Labute approximate surface area is 178 Å². The van der Waals surface area contributed by atoms with E-state index in [-0.39, 0.29) is 18.2 Å². The van der Waals surface area contributed by atoms with Crippen molar-refractivity contribution in [3.63, 3.8) is 0 Å². The molecule has 0 spiro atoms. The standard InChI is InChI=1S/C21H16FN5S.ClH/c22-18-9-14(5-6-17(18)19-10-26-20(23)11-25-19)16-4-2-1-3-15(16)12-28-21-7-8-24-13-27-21;/h1-11,13H,12H2,(H2,23,26);1H. The van der Waals surface area contributed by atoms with Crippen LogP contribution in [0.15, 0.2) is 78.5 Å². The predicted octanol–water partition coefficient (Wildman–Crippen LogP) is 5.04. The molecule has 0 aliphatic carbocycles. The summed E-state index contributed by atoms with van der Waals surface area (Å²) in [6.45, 7) is 0. The lowest BCUT2D eigenvalue weighted by Crippen LogP contribution is -1.95. The summed E-state index contributed by atoms with van der Waals surface area (Å²) in [5.41, 5.74) is 9.29. The molecule has 0 aliphatic heterocycles. The van der Waals surface area contributed by atoms with E-state index in [2.05, 4.69) is 19.9 Å². The van der Waals surface area contributed by atoms with Gasteiger partial charge in [-0.05, 0) is 34.9 Å². The molecule has 2 aromatic heterocycles. The largest absolute Gasteiger partial charge is 0.382 e. The molecule has 0 aliphatic rings. The Morgan fingerprint density at radius 1 is 0.931 bits per heavy atom. The summed E-state index contributed by atoms with van der Waals surface area (Å²) < 4.78 is 14.8. The van der Waals surface area contributed by atoms with E-state index in [1.54, 1.807) is 24.0 Å². The molecule has 4 rings (SSSR count). The Morgan fingerprint density at radius 3 is 2.52 bits per heavy atom. The lowest BCUT2D eigenvalue weighted by atomic mass is 9.98. The number of aromatic nitrogens is 4. The zero-order valence-electron chi connectivity index (χ0n) is 15.2. The van der Waals surface area contributed by atoms with Crippen LogP contribution in [0.2, 0.25) is 0 Å². The van der Waals surface area contributed by atoms with E-state index in [4.69, 9.17) is 5.73 Å². The van der Waals surface area contributed by atoms with Crippen molar-refractivity contribution in [1.29, 1.82) is 0 Å². The number of benzene rings is 2. The molecule has 0 saturated carbocycles. The lowest BCUT2D eigenvalue weighted by Gasteiger charge is -2.11. The normalized spacial score (nSPS) is 10.4. The quantitative estimate of drug-likeness (QED) is 0.356. The second-order valence-electron chi connectivity index (χ2n) is 6.01. The minimum atomic E-state index is -0.352. The van der Waals surface area contributed by atoms with Gasteiger partial charge in [-0.3, -0.25) is 4.98 Å². The van der Waals surface area contributed by atoms with Crippen molar-refractivity contribution in [3.05, 3.63) is 84.8 Å². The topological polar surface area (TPSA) is 77.6 Å². The molecule has 0 saturated heterocycles. The number of nitrogens with zero attached hydrogens (tertiary/aromatic N) is 4. The van der Waals surface area contributed by atoms with Crippen molar-refractivity contribution in [2.45, 2.75) is 10.8 Å². The van der Waals surface area contributed by atoms with E-state index in [0.29, 0.717) is 17.1 Å². The molecule has 0 unspecified atom stereocenters. The number of halogens is 2. The van der Waals surface area contributed by atoms with E-state index in [1.165, 1.54) is 24.8 Å². The third-order valence-corrected chi connectivity index (χ3v) is 5.17. The molecular weight excluding hydrogens is 409 g/mol. The van der Waals surface area contributed by atoms with Crippen LogP contribution >= 0.6 is 24.2 Å². The maximum Gasteiger partial charge on any atom is 0.141 e. The fourth-order valence-electron chi connectivity index (χ4n) is 2.81. The van der Waals surface area contributed by atoms with E-state index in [9.17, 15) is 4.39 Å². The third-order valence-electron chi connectivity index (χ3n) is 4.18. The number of nitrogen functional groups attached to an aromatic ring is 1. The van der Waals surface area contributed by atoms with Crippen molar-refractivity contribution in [1.82, 2.24) is 19.9 Å².